The monoisotopic (exact) mass is 274 g/mol. The van der Waals surface area contributed by atoms with Gasteiger partial charge in [0.05, 0.1) is 6.61 Å². The summed E-state index contributed by atoms with van der Waals surface area (Å²) < 4.78 is 6.65. The summed E-state index contributed by atoms with van der Waals surface area (Å²) in [4.78, 5) is 14.1. The largest absolute Gasteiger partial charge is 0.394 e. The Hall–Kier alpha value is -1.06. The molecule has 0 aliphatic carbocycles. The number of ether oxygens (including phenoxy) is 1. The fraction of sp³-hybridized carbons (Fsp3) is 0.600. The molecule has 3 unspecified atom stereocenters. The Morgan fingerprint density at radius 2 is 2.33 bits per heavy atom. The van der Waals surface area contributed by atoms with E-state index in [9.17, 15) is 15.0 Å². The molecule has 4 N–H and O–H groups in total. The van der Waals surface area contributed by atoms with Crippen LogP contribution in [-0.2, 0) is 4.74 Å². The topological polar surface area (TPSA) is 108 Å². The zero-order valence-corrected chi connectivity index (χ0v) is 10.4. The highest BCUT2D eigenvalue weighted by molar-refractivity contribution is 7.71. The van der Waals surface area contributed by atoms with Crippen molar-refractivity contribution in [1.82, 2.24) is 9.55 Å². The summed E-state index contributed by atoms with van der Waals surface area (Å²) in [5, 5.41) is 29.0. The summed E-state index contributed by atoms with van der Waals surface area (Å²) in [6.07, 6.45) is -1.96. The number of hydrogen-bond acceptors (Lipinski definition) is 6. The van der Waals surface area contributed by atoms with Crippen molar-refractivity contribution in [3.8, 4) is 0 Å². The molecule has 1 aliphatic rings. The molecule has 1 aromatic heterocycles. The number of hydrogen-bond donors (Lipinski definition) is 4. The van der Waals surface area contributed by atoms with Gasteiger partial charge in [-0.1, -0.05) is 12.2 Å². The second-order valence-corrected chi connectivity index (χ2v) is 4.84. The van der Waals surface area contributed by atoms with E-state index in [1.807, 2.05) is 0 Å². The summed E-state index contributed by atoms with van der Waals surface area (Å²) in [6, 6.07) is 1.47. The van der Waals surface area contributed by atoms with Gasteiger partial charge >= 0.3 is 5.69 Å². The zero-order valence-electron chi connectivity index (χ0n) is 9.61. The van der Waals surface area contributed by atoms with E-state index in [0.717, 1.165) is 4.57 Å². The number of aliphatic hydroxyl groups excluding tert-OH is 2. The average molecular weight is 274 g/mol. The number of nitrogens with one attached hydrogen (secondary N) is 1. The van der Waals surface area contributed by atoms with E-state index in [-0.39, 0.29) is 4.64 Å². The average Bonchev–Trinajstić information content (AvgIpc) is 2.52. The van der Waals surface area contributed by atoms with Crippen LogP contribution in [0, 0.1) is 4.64 Å². The number of aliphatic hydroxyl groups is 3. The lowest BCUT2D eigenvalue weighted by atomic mass is 9.96. The minimum absolute atomic E-state index is 0.258. The van der Waals surface area contributed by atoms with Crippen LogP contribution in [0.25, 0.3) is 0 Å². The van der Waals surface area contributed by atoms with Gasteiger partial charge < -0.3 is 20.1 Å². The lowest BCUT2D eigenvalue weighted by Gasteiger charge is -2.27. The van der Waals surface area contributed by atoms with Crippen LogP contribution in [0.1, 0.15) is 13.2 Å². The maximum atomic E-state index is 11.7. The molecule has 1 aromatic rings. The van der Waals surface area contributed by atoms with Crippen LogP contribution in [0.3, 0.4) is 0 Å². The van der Waals surface area contributed by atoms with Crippen LogP contribution in [0.2, 0.25) is 0 Å². The highest BCUT2D eigenvalue weighted by Crippen LogP contribution is 2.37. The number of rotatable bonds is 2. The Balaban J connectivity index is 2.45. The molecule has 0 spiro atoms. The summed E-state index contributed by atoms with van der Waals surface area (Å²) in [5.41, 5.74) is -2.24. The van der Waals surface area contributed by atoms with Gasteiger partial charge in [0.15, 0.2) is 6.23 Å². The van der Waals surface area contributed by atoms with Gasteiger partial charge in [0, 0.05) is 6.20 Å². The van der Waals surface area contributed by atoms with Gasteiger partial charge in [0.25, 0.3) is 0 Å². The maximum Gasteiger partial charge on any atom is 0.328 e. The fourth-order valence-electron chi connectivity index (χ4n) is 2.00. The summed E-state index contributed by atoms with van der Waals surface area (Å²) >= 11 is 4.80. The minimum atomic E-state index is -1.69. The first-order valence-electron chi connectivity index (χ1n) is 5.36. The van der Waals surface area contributed by atoms with Crippen molar-refractivity contribution in [3.63, 3.8) is 0 Å². The molecular formula is C10H14N2O5S. The molecule has 7 nitrogen and oxygen atoms in total. The van der Waals surface area contributed by atoms with E-state index in [4.69, 9.17) is 22.1 Å². The van der Waals surface area contributed by atoms with Crippen molar-refractivity contribution in [2.75, 3.05) is 6.61 Å². The van der Waals surface area contributed by atoms with Gasteiger partial charge in [-0.25, -0.2) is 4.79 Å². The molecule has 18 heavy (non-hydrogen) atoms. The minimum Gasteiger partial charge on any atom is -0.394 e. The molecule has 8 heteroatoms. The normalized spacial score (nSPS) is 35.9. The second-order valence-electron chi connectivity index (χ2n) is 4.40. The first kappa shape index (κ1) is 13.4. The number of H-pyrrole nitrogens is 1. The van der Waals surface area contributed by atoms with Crippen molar-refractivity contribution >= 4 is 12.2 Å². The Morgan fingerprint density at radius 1 is 1.67 bits per heavy atom. The quantitative estimate of drug-likeness (QED) is 0.510. The third-order valence-corrected chi connectivity index (χ3v) is 3.28. The highest BCUT2D eigenvalue weighted by atomic mass is 32.1. The van der Waals surface area contributed by atoms with Crippen LogP contribution in [0.4, 0.5) is 0 Å². The van der Waals surface area contributed by atoms with Gasteiger partial charge in [-0.15, -0.1) is 0 Å². The maximum absolute atomic E-state index is 11.7. The molecule has 0 aromatic carbocycles. The third kappa shape index (κ3) is 2.02. The van der Waals surface area contributed by atoms with Crippen LogP contribution in [-0.4, -0.2) is 49.3 Å². The van der Waals surface area contributed by atoms with Crippen LogP contribution >= 0.6 is 12.2 Å². The Morgan fingerprint density at radius 3 is 2.83 bits per heavy atom. The van der Waals surface area contributed by atoms with Crippen molar-refractivity contribution in [2.45, 2.75) is 31.0 Å². The SMILES string of the molecule is CC1(O)C(n2ccc(=S)[nH]c2=O)OC(CO)[C@@H]1O. The lowest BCUT2D eigenvalue weighted by molar-refractivity contribution is -0.0987. The molecule has 1 fully saturated rings. The predicted octanol–water partition coefficient (Wildman–Crippen LogP) is -1.09. The van der Waals surface area contributed by atoms with E-state index in [1.165, 1.54) is 19.2 Å². The molecule has 0 radical (unpaired) electrons. The van der Waals surface area contributed by atoms with Gasteiger partial charge in [-0.2, -0.15) is 0 Å². The third-order valence-electron chi connectivity index (χ3n) is 3.04. The molecule has 1 aliphatic heterocycles. The molecule has 4 atom stereocenters. The Bertz CT molecular complexity index is 552. The van der Waals surface area contributed by atoms with Gasteiger partial charge in [-0.05, 0) is 13.0 Å². The van der Waals surface area contributed by atoms with Gasteiger partial charge in [0.1, 0.15) is 22.4 Å². The molecule has 2 rings (SSSR count). The summed E-state index contributed by atoms with van der Waals surface area (Å²) in [5.74, 6) is 0. The zero-order chi connectivity index (χ0) is 13.5. The van der Waals surface area contributed by atoms with E-state index in [0.29, 0.717) is 0 Å². The van der Waals surface area contributed by atoms with E-state index in [1.54, 1.807) is 0 Å². The van der Waals surface area contributed by atoms with E-state index < -0.39 is 36.3 Å². The van der Waals surface area contributed by atoms with E-state index in [2.05, 4.69) is 4.98 Å². The molecule has 0 bridgehead atoms. The van der Waals surface area contributed by atoms with E-state index >= 15 is 0 Å². The number of aromatic amines is 1. The number of nitrogens with zero attached hydrogens (tertiary/aromatic N) is 1. The van der Waals surface area contributed by atoms with Crippen molar-refractivity contribution in [3.05, 3.63) is 27.4 Å². The Labute approximate surface area is 107 Å². The molecule has 2 heterocycles. The van der Waals surface area contributed by atoms with Gasteiger partial charge in [-0.3, -0.25) is 9.55 Å². The first-order chi connectivity index (χ1) is 8.37. The molecule has 0 amide bonds. The molecule has 1 saturated heterocycles. The van der Waals surface area contributed by atoms with Crippen LogP contribution in [0.15, 0.2) is 17.1 Å². The lowest BCUT2D eigenvalue weighted by Crippen LogP contribution is -2.46. The Kier molecular flexibility index (Phi) is 3.39. The molecular weight excluding hydrogens is 260 g/mol. The second kappa shape index (κ2) is 4.56. The van der Waals surface area contributed by atoms with Crippen LogP contribution in [0.5, 0.6) is 0 Å². The summed E-state index contributed by atoms with van der Waals surface area (Å²) in [7, 11) is 0. The predicted molar refractivity (Wildman–Crippen MR) is 63.5 cm³/mol. The first-order valence-corrected chi connectivity index (χ1v) is 5.77. The number of aromatic nitrogens is 2. The van der Waals surface area contributed by atoms with Gasteiger partial charge in [0.2, 0.25) is 0 Å². The molecule has 0 saturated carbocycles. The summed E-state index contributed by atoms with van der Waals surface area (Å²) in [6.45, 7) is 0.886. The highest BCUT2D eigenvalue weighted by Gasteiger charge is 2.53. The smallest absolute Gasteiger partial charge is 0.328 e. The molecule has 100 valence electrons. The fourth-order valence-corrected chi connectivity index (χ4v) is 2.15. The van der Waals surface area contributed by atoms with Crippen LogP contribution < -0.4 is 5.69 Å². The standard InChI is InChI=1S/C10H14N2O5S/c1-10(16)7(14)5(4-13)17-8(10)12-3-2-6(18)11-9(12)15/h2-3,5,7-8,13-14,16H,4H2,1H3,(H,11,15,18)/t5?,7-,8?,10?/m0/s1. The van der Waals surface area contributed by atoms with Crippen molar-refractivity contribution in [1.29, 1.82) is 0 Å². The van der Waals surface area contributed by atoms with Crippen molar-refractivity contribution < 1.29 is 20.1 Å². The van der Waals surface area contributed by atoms with Crippen molar-refractivity contribution in [2.24, 2.45) is 0 Å².